The van der Waals surface area contributed by atoms with Gasteiger partial charge in [0.2, 0.25) is 0 Å². The summed E-state index contributed by atoms with van der Waals surface area (Å²) in [7, 11) is 0. The molecule has 0 aromatic carbocycles. The Bertz CT molecular complexity index is 416. The highest BCUT2D eigenvalue weighted by Crippen LogP contribution is 2.12. The molecule has 0 rings (SSSR count). The molecule has 0 amide bonds. The van der Waals surface area contributed by atoms with Crippen molar-refractivity contribution in [3.8, 4) is 0 Å². The lowest BCUT2D eigenvalue weighted by Crippen LogP contribution is -2.40. The molecule has 0 aliphatic rings. The molecule has 0 saturated heterocycles. The van der Waals surface area contributed by atoms with Gasteiger partial charge in [0, 0.05) is 26.2 Å². The molecule has 0 spiro atoms. The van der Waals surface area contributed by atoms with E-state index < -0.39 is 5.97 Å². The average molecular weight is 526 g/mol. The van der Waals surface area contributed by atoms with Crippen LogP contribution in [-0.4, -0.2) is 61.8 Å². The molecule has 0 radical (unpaired) electrons. The molecule has 37 heavy (non-hydrogen) atoms. The van der Waals surface area contributed by atoms with E-state index in [0.717, 1.165) is 39.3 Å². The summed E-state index contributed by atoms with van der Waals surface area (Å²) >= 11 is 0. The van der Waals surface area contributed by atoms with Gasteiger partial charge in [-0.15, -0.1) is 0 Å². The van der Waals surface area contributed by atoms with E-state index in [-0.39, 0.29) is 6.54 Å². The van der Waals surface area contributed by atoms with Crippen molar-refractivity contribution < 1.29 is 9.90 Å². The van der Waals surface area contributed by atoms with Crippen molar-refractivity contribution >= 4 is 5.97 Å². The van der Waals surface area contributed by atoms with Crippen LogP contribution < -0.4 is 10.6 Å². The topological polar surface area (TPSA) is 64.6 Å². The van der Waals surface area contributed by atoms with Gasteiger partial charge in [0.05, 0.1) is 6.54 Å². The largest absolute Gasteiger partial charge is 0.480 e. The molecular weight excluding hydrogens is 458 g/mol. The molecule has 0 atom stereocenters. The predicted molar refractivity (Wildman–Crippen MR) is 163 cm³/mol. The summed E-state index contributed by atoms with van der Waals surface area (Å²) in [5.41, 5.74) is 0. The third kappa shape index (κ3) is 31.5. The van der Waals surface area contributed by atoms with E-state index in [1.54, 1.807) is 0 Å². The van der Waals surface area contributed by atoms with E-state index in [4.69, 9.17) is 0 Å². The van der Waals surface area contributed by atoms with Gasteiger partial charge >= 0.3 is 5.97 Å². The second-order valence-corrected chi connectivity index (χ2v) is 11.2. The van der Waals surface area contributed by atoms with Gasteiger partial charge in [-0.05, 0) is 25.9 Å². The Morgan fingerprint density at radius 3 is 1.08 bits per heavy atom. The number of carboxylic acids is 1. The number of rotatable bonds is 32. The zero-order valence-corrected chi connectivity index (χ0v) is 25.3. The third-order valence-electron chi connectivity index (χ3n) is 7.48. The molecule has 0 aliphatic carbocycles. The average Bonchev–Trinajstić information content (AvgIpc) is 2.88. The van der Waals surface area contributed by atoms with Crippen LogP contribution in [-0.2, 0) is 4.79 Å². The van der Waals surface area contributed by atoms with Gasteiger partial charge in [0.15, 0.2) is 0 Å². The van der Waals surface area contributed by atoms with E-state index in [0.29, 0.717) is 0 Å². The maximum absolute atomic E-state index is 11.2. The SMILES string of the molecule is CCCCCCCCCCCCCNCCN(CCNCCCCCCCCCCCCC)CC(=O)O. The number of nitrogens with one attached hydrogen (secondary N) is 2. The number of hydrogen-bond donors (Lipinski definition) is 3. The number of aliphatic carboxylic acids is 1. The van der Waals surface area contributed by atoms with Crippen LogP contribution >= 0.6 is 0 Å². The summed E-state index contributed by atoms with van der Waals surface area (Å²) < 4.78 is 0. The summed E-state index contributed by atoms with van der Waals surface area (Å²) in [5.74, 6) is -0.726. The molecule has 0 fully saturated rings. The Hall–Kier alpha value is -0.650. The van der Waals surface area contributed by atoms with Gasteiger partial charge in [-0.2, -0.15) is 0 Å². The number of unbranched alkanes of at least 4 members (excludes halogenated alkanes) is 20. The number of carboxylic acid groups (broad SMARTS) is 1. The van der Waals surface area contributed by atoms with Gasteiger partial charge in [0.25, 0.3) is 0 Å². The van der Waals surface area contributed by atoms with Gasteiger partial charge in [-0.25, -0.2) is 0 Å². The zero-order chi connectivity index (χ0) is 27.1. The Kier molecular flexibility index (Phi) is 31.0. The maximum atomic E-state index is 11.2. The van der Waals surface area contributed by atoms with Crippen LogP contribution in [0.5, 0.6) is 0 Å². The number of carbonyl (C=O) groups is 1. The number of nitrogens with zero attached hydrogens (tertiary/aromatic N) is 1. The fourth-order valence-corrected chi connectivity index (χ4v) is 5.01. The van der Waals surface area contributed by atoms with Crippen LogP contribution in [0.2, 0.25) is 0 Å². The molecule has 222 valence electrons. The van der Waals surface area contributed by atoms with Crippen LogP contribution in [0.1, 0.15) is 155 Å². The summed E-state index contributed by atoms with van der Waals surface area (Å²) in [6.07, 6.45) is 30.2. The van der Waals surface area contributed by atoms with Crippen molar-refractivity contribution in [1.82, 2.24) is 15.5 Å². The van der Waals surface area contributed by atoms with Crippen LogP contribution in [0.25, 0.3) is 0 Å². The van der Waals surface area contributed by atoms with E-state index >= 15 is 0 Å². The molecule has 3 N–H and O–H groups in total. The van der Waals surface area contributed by atoms with Crippen molar-refractivity contribution in [3.05, 3.63) is 0 Å². The van der Waals surface area contributed by atoms with Crippen molar-refractivity contribution in [2.24, 2.45) is 0 Å². The standard InChI is InChI=1S/C32H67N3O2/c1-3-5-7-9-11-13-15-17-19-21-23-25-33-27-29-35(31-32(36)37)30-28-34-26-24-22-20-18-16-14-12-10-8-6-4-2/h33-34H,3-31H2,1-2H3,(H,36,37). The summed E-state index contributed by atoms with van der Waals surface area (Å²) in [5, 5.41) is 16.3. The van der Waals surface area contributed by atoms with Crippen LogP contribution in [0.3, 0.4) is 0 Å². The van der Waals surface area contributed by atoms with Gasteiger partial charge in [-0.1, -0.05) is 142 Å². The minimum absolute atomic E-state index is 0.139. The highest BCUT2D eigenvalue weighted by molar-refractivity contribution is 5.69. The quantitative estimate of drug-likeness (QED) is 0.0773. The van der Waals surface area contributed by atoms with Crippen LogP contribution in [0.4, 0.5) is 0 Å². The zero-order valence-electron chi connectivity index (χ0n) is 25.3. The lowest BCUT2D eigenvalue weighted by atomic mass is 10.1. The molecule has 5 heteroatoms. The monoisotopic (exact) mass is 526 g/mol. The van der Waals surface area contributed by atoms with E-state index in [1.807, 2.05) is 0 Å². The molecule has 0 aliphatic heterocycles. The first-order valence-corrected chi connectivity index (χ1v) is 16.6. The molecule has 0 aromatic heterocycles. The van der Waals surface area contributed by atoms with Crippen molar-refractivity contribution in [3.63, 3.8) is 0 Å². The lowest BCUT2D eigenvalue weighted by Gasteiger charge is -2.20. The third-order valence-corrected chi connectivity index (χ3v) is 7.48. The van der Waals surface area contributed by atoms with Crippen molar-refractivity contribution in [2.45, 2.75) is 155 Å². The smallest absolute Gasteiger partial charge is 0.317 e. The fourth-order valence-electron chi connectivity index (χ4n) is 5.01. The fraction of sp³-hybridized carbons (Fsp3) is 0.969. The van der Waals surface area contributed by atoms with Crippen molar-refractivity contribution in [2.75, 3.05) is 45.8 Å². The highest BCUT2D eigenvalue weighted by Gasteiger charge is 2.08. The lowest BCUT2D eigenvalue weighted by molar-refractivity contribution is -0.138. The second-order valence-electron chi connectivity index (χ2n) is 11.2. The second kappa shape index (κ2) is 31.6. The Morgan fingerprint density at radius 1 is 0.486 bits per heavy atom. The van der Waals surface area contributed by atoms with Gasteiger partial charge in [0.1, 0.15) is 0 Å². The highest BCUT2D eigenvalue weighted by atomic mass is 16.4. The minimum Gasteiger partial charge on any atom is -0.480 e. The van der Waals surface area contributed by atoms with Gasteiger partial charge < -0.3 is 15.7 Å². The Labute approximate surface area is 232 Å². The first kappa shape index (κ1) is 36.4. The minimum atomic E-state index is -0.726. The Balaban J connectivity index is 3.49. The van der Waals surface area contributed by atoms with Crippen LogP contribution in [0.15, 0.2) is 0 Å². The summed E-state index contributed by atoms with van der Waals surface area (Å²) in [6.45, 7) is 10.2. The maximum Gasteiger partial charge on any atom is 0.317 e. The molecule has 5 nitrogen and oxygen atoms in total. The molecule has 0 unspecified atom stereocenters. The summed E-state index contributed by atoms with van der Waals surface area (Å²) in [6, 6.07) is 0. The first-order chi connectivity index (χ1) is 18.2. The van der Waals surface area contributed by atoms with E-state index in [1.165, 1.54) is 141 Å². The molecule has 0 saturated carbocycles. The molecular formula is C32H67N3O2. The Morgan fingerprint density at radius 2 is 0.784 bits per heavy atom. The van der Waals surface area contributed by atoms with Gasteiger partial charge in [-0.3, -0.25) is 9.69 Å². The normalized spacial score (nSPS) is 11.5. The van der Waals surface area contributed by atoms with E-state index in [2.05, 4.69) is 29.4 Å². The van der Waals surface area contributed by atoms with Crippen LogP contribution in [0, 0.1) is 0 Å². The summed E-state index contributed by atoms with van der Waals surface area (Å²) in [4.78, 5) is 13.3. The molecule has 0 heterocycles. The predicted octanol–water partition coefficient (Wildman–Crippen LogP) is 8.17. The molecule has 0 bridgehead atoms. The molecule has 0 aromatic rings. The van der Waals surface area contributed by atoms with Crippen molar-refractivity contribution in [1.29, 1.82) is 0 Å². The van der Waals surface area contributed by atoms with E-state index in [9.17, 15) is 9.90 Å². The first-order valence-electron chi connectivity index (χ1n) is 16.6. The number of hydrogen-bond acceptors (Lipinski definition) is 4.